The van der Waals surface area contributed by atoms with E-state index in [-0.39, 0.29) is 6.54 Å². The van der Waals surface area contributed by atoms with E-state index in [1.54, 1.807) is 25.3 Å². The summed E-state index contributed by atoms with van der Waals surface area (Å²) in [5, 5.41) is 17.1. The van der Waals surface area contributed by atoms with E-state index in [1.807, 2.05) is 6.92 Å². The van der Waals surface area contributed by atoms with E-state index < -0.39 is 5.60 Å². The van der Waals surface area contributed by atoms with Gasteiger partial charge in [-0.3, -0.25) is 0 Å². The Bertz CT molecular complexity index is 454. The fourth-order valence-electron chi connectivity index (χ4n) is 2.51. The number of hydrogen-bond donors (Lipinski definition) is 3. The normalized spacial score (nSPS) is 24.5. The predicted molar refractivity (Wildman–Crippen MR) is 84.2 cm³/mol. The monoisotopic (exact) mass is 293 g/mol. The van der Waals surface area contributed by atoms with Crippen LogP contribution < -0.4 is 10.6 Å². The number of aliphatic imine (C=N–C) groups is 1. The van der Waals surface area contributed by atoms with Gasteiger partial charge in [0, 0.05) is 12.6 Å². The van der Waals surface area contributed by atoms with Crippen molar-refractivity contribution in [2.24, 2.45) is 10.9 Å². The van der Waals surface area contributed by atoms with Gasteiger partial charge in [-0.25, -0.2) is 4.99 Å². The second kappa shape index (κ2) is 6.98. The molecule has 0 saturated heterocycles. The standard InChI is InChI=1S/C16H27N3O2/c1-4-7-12-10-13(12)19-15(17-5-2)18-11-16(3,20)14-8-6-9-21-14/h6,8-9,12-13,20H,4-5,7,10-11H2,1-3H3,(H2,17,18,19). The zero-order valence-corrected chi connectivity index (χ0v) is 13.2. The lowest BCUT2D eigenvalue weighted by molar-refractivity contribution is 0.0437. The van der Waals surface area contributed by atoms with Crippen LogP contribution in [0.15, 0.2) is 27.8 Å². The van der Waals surface area contributed by atoms with Crippen LogP contribution in [0.4, 0.5) is 0 Å². The van der Waals surface area contributed by atoms with Crippen LogP contribution in [0.1, 0.15) is 45.8 Å². The first-order chi connectivity index (χ1) is 10.1. The fourth-order valence-corrected chi connectivity index (χ4v) is 2.51. The van der Waals surface area contributed by atoms with Crippen molar-refractivity contribution in [3.63, 3.8) is 0 Å². The molecule has 1 aliphatic carbocycles. The summed E-state index contributed by atoms with van der Waals surface area (Å²) in [4.78, 5) is 4.50. The van der Waals surface area contributed by atoms with Gasteiger partial charge >= 0.3 is 0 Å². The van der Waals surface area contributed by atoms with Crippen molar-refractivity contribution in [3.05, 3.63) is 24.2 Å². The molecule has 2 rings (SSSR count). The highest BCUT2D eigenvalue weighted by Crippen LogP contribution is 2.34. The van der Waals surface area contributed by atoms with Crippen LogP contribution in [0.25, 0.3) is 0 Å². The molecule has 1 saturated carbocycles. The molecule has 1 aromatic rings. The van der Waals surface area contributed by atoms with Crippen molar-refractivity contribution in [2.45, 2.75) is 51.7 Å². The maximum absolute atomic E-state index is 10.4. The molecule has 0 spiro atoms. The summed E-state index contributed by atoms with van der Waals surface area (Å²) in [6.07, 6.45) is 5.27. The van der Waals surface area contributed by atoms with Crippen molar-refractivity contribution in [1.82, 2.24) is 10.6 Å². The molecule has 0 amide bonds. The van der Waals surface area contributed by atoms with Gasteiger partial charge in [0.15, 0.2) is 5.96 Å². The Morgan fingerprint density at radius 1 is 1.52 bits per heavy atom. The molecule has 5 nitrogen and oxygen atoms in total. The summed E-state index contributed by atoms with van der Waals surface area (Å²) in [5.41, 5.74) is -1.09. The van der Waals surface area contributed by atoms with Gasteiger partial charge in [0.1, 0.15) is 11.4 Å². The van der Waals surface area contributed by atoms with Crippen molar-refractivity contribution >= 4 is 5.96 Å². The van der Waals surface area contributed by atoms with Gasteiger partial charge in [-0.1, -0.05) is 13.3 Å². The Morgan fingerprint density at radius 3 is 2.95 bits per heavy atom. The summed E-state index contributed by atoms with van der Waals surface area (Å²) in [6.45, 7) is 7.05. The second-order valence-corrected chi connectivity index (χ2v) is 5.98. The molecule has 21 heavy (non-hydrogen) atoms. The quantitative estimate of drug-likeness (QED) is 0.532. The molecule has 0 radical (unpaired) electrons. The van der Waals surface area contributed by atoms with Crippen LogP contribution in [-0.2, 0) is 5.60 Å². The molecule has 0 bridgehead atoms. The second-order valence-electron chi connectivity index (χ2n) is 5.98. The van der Waals surface area contributed by atoms with E-state index in [0.29, 0.717) is 11.8 Å². The van der Waals surface area contributed by atoms with Crippen LogP contribution >= 0.6 is 0 Å². The van der Waals surface area contributed by atoms with Crippen molar-refractivity contribution in [3.8, 4) is 0 Å². The highest BCUT2D eigenvalue weighted by atomic mass is 16.4. The smallest absolute Gasteiger partial charge is 0.191 e. The highest BCUT2D eigenvalue weighted by molar-refractivity contribution is 5.80. The number of rotatable bonds is 7. The zero-order valence-electron chi connectivity index (χ0n) is 13.2. The van der Waals surface area contributed by atoms with Gasteiger partial charge < -0.3 is 20.2 Å². The molecule has 1 fully saturated rings. The van der Waals surface area contributed by atoms with E-state index in [0.717, 1.165) is 18.4 Å². The molecule has 1 heterocycles. The summed E-state index contributed by atoms with van der Waals surface area (Å²) in [6, 6.07) is 4.07. The third-order valence-electron chi connectivity index (χ3n) is 3.85. The average molecular weight is 293 g/mol. The first kappa shape index (κ1) is 15.9. The summed E-state index contributed by atoms with van der Waals surface area (Å²) in [7, 11) is 0. The van der Waals surface area contributed by atoms with Crippen molar-refractivity contribution < 1.29 is 9.52 Å². The molecule has 3 atom stereocenters. The topological polar surface area (TPSA) is 69.8 Å². The lowest BCUT2D eigenvalue weighted by Crippen LogP contribution is -2.40. The van der Waals surface area contributed by atoms with E-state index in [2.05, 4.69) is 22.5 Å². The lowest BCUT2D eigenvalue weighted by atomic mass is 10.0. The molecule has 5 heteroatoms. The van der Waals surface area contributed by atoms with Gasteiger partial charge in [0.05, 0.1) is 12.8 Å². The predicted octanol–water partition coefficient (Wildman–Crippen LogP) is 2.23. The third kappa shape index (κ3) is 4.49. The molecular weight excluding hydrogens is 266 g/mol. The Balaban J connectivity index is 1.91. The average Bonchev–Trinajstić information content (AvgIpc) is 2.94. The summed E-state index contributed by atoms with van der Waals surface area (Å²) >= 11 is 0. The van der Waals surface area contributed by atoms with Crippen LogP contribution in [0, 0.1) is 5.92 Å². The first-order valence-electron chi connectivity index (χ1n) is 7.88. The van der Waals surface area contributed by atoms with E-state index in [4.69, 9.17) is 4.42 Å². The van der Waals surface area contributed by atoms with Crippen molar-refractivity contribution in [2.75, 3.05) is 13.1 Å². The lowest BCUT2D eigenvalue weighted by Gasteiger charge is -2.19. The summed E-state index contributed by atoms with van der Waals surface area (Å²) < 4.78 is 5.27. The number of guanidine groups is 1. The van der Waals surface area contributed by atoms with Gasteiger partial charge in [-0.05, 0) is 44.7 Å². The molecule has 1 aromatic heterocycles. The molecule has 3 N–H and O–H groups in total. The number of aliphatic hydroxyl groups is 1. The van der Waals surface area contributed by atoms with E-state index >= 15 is 0 Å². The van der Waals surface area contributed by atoms with Crippen LogP contribution in [-0.4, -0.2) is 30.2 Å². The Hall–Kier alpha value is -1.49. The van der Waals surface area contributed by atoms with Crippen LogP contribution in [0.5, 0.6) is 0 Å². The van der Waals surface area contributed by atoms with Gasteiger partial charge in [0.2, 0.25) is 0 Å². The molecule has 0 aliphatic heterocycles. The zero-order chi connectivity index (χ0) is 15.3. The van der Waals surface area contributed by atoms with Gasteiger partial charge in [-0.15, -0.1) is 0 Å². The third-order valence-corrected chi connectivity index (χ3v) is 3.85. The minimum Gasteiger partial charge on any atom is -0.466 e. The highest BCUT2D eigenvalue weighted by Gasteiger charge is 2.36. The number of hydrogen-bond acceptors (Lipinski definition) is 3. The van der Waals surface area contributed by atoms with E-state index in [9.17, 15) is 5.11 Å². The van der Waals surface area contributed by atoms with Crippen LogP contribution in [0.3, 0.4) is 0 Å². The molecule has 3 unspecified atom stereocenters. The number of nitrogens with one attached hydrogen (secondary N) is 2. The maximum Gasteiger partial charge on any atom is 0.191 e. The van der Waals surface area contributed by atoms with Gasteiger partial charge in [0.25, 0.3) is 0 Å². The first-order valence-corrected chi connectivity index (χ1v) is 7.88. The maximum atomic E-state index is 10.4. The fraction of sp³-hybridized carbons (Fsp3) is 0.688. The Kier molecular flexibility index (Phi) is 5.28. The molecule has 1 aliphatic rings. The van der Waals surface area contributed by atoms with Crippen molar-refractivity contribution in [1.29, 1.82) is 0 Å². The minimum atomic E-state index is -1.09. The number of furan rings is 1. The Labute approximate surface area is 126 Å². The van der Waals surface area contributed by atoms with E-state index in [1.165, 1.54) is 19.3 Å². The largest absolute Gasteiger partial charge is 0.466 e. The molecule has 118 valence electrons. The summed E-state index contributed by atoms with van der Waals surface area (Å²) in [5.74, 6) is 2.08. The van der Waals surface area contributed by atoms with Gasteiger partial charge in [-0.2, -0.15) is 0 Å². The molecule has 0 aromatic carbocycles. The SMILES string of the molecule is CCCC1CC1NC(=NCC(C)(O)c1ccco1)NCC. The minimum absolute atomic E-state index is 0.265. The molecular formula is C16H27N3O2. The number of nitrogens with zero attached hydrogens (tertiary/aromatic N) is 1. The Morgan fingerprint density at radius 2 is 2.33 bits per heavy atom. The van der Waals surface area contributed by atoms with Crippen LogP contribution in [0.2, 0.25) is 0 Å².